The Morgan fingerprint density at radius 2 is 2.00 bits per heavy atom. The van der Waals surface area contributed by atoms with E-state index in [4.69, 9.17) is 14.2 Å². The number of hydrogen-bond donors (Lipinski definition) is 1. The zero-order chi connectivity index (χ0) is 24.4. The number of fused-ring (bicyclic) bond motifs is 1. The molecule has 2 aromatic carbocycles. The molecule has 176 valence electrons. The van der Waals surface area contributed by atoms with E-state index >= 15 is 0 Å². The Morgan fingerprint density at radius 1 is 1.21 bits per heavy atom. The van der Waals surface area contributed by atoms with Gasteiger partial charge in [-0.15, -0.1) is 5.10 Å². The van der Waals surface area contributed by atoms with Crippen molar-refractivity contribution in [2.75, 3.05) is 26.1 Å². The van der Waals surface area contributed by atoms with Crippen molar-refractivity contribution in [1.82, 2.24) is 14.8 Å². The van der Waals surface area contributed by atoms with E-state index in [1.807, 2.05) is 0 Å². The lowest BCUT2D eigenvalue weighted by atomic mass is 9.94. The second kappa shape index (κ2) is 9.22. The number of nitrogens with zero attached hydrogens (tertiary/aromatic N) is 4. The number of benzene rings is 2. The van der Waals surface area contributed by atoms with Gasteiger partial charge < -0.3 is 19.5 Å². The number of hydrogen-bond acceptors (Lipinski definition) is 9. The van der Waals surface area contributed by atoms with E-state index in [9.17, 15) is 14.9 Å². The number of ether oxygens (including phenoxy) is 3. The molecule has 1 aliphatic rings. The average Bonchev–Trinajstić information content (AvgIpc) is 3.26. The number of nitrogens with one attached hydrogen (secondary N) is 1. The molecule has 0 saturated heterocycles. The second-order valence-electron chi connectivity index (χ2n) is 7.41. The molecule has 2 heterocycles. The molecule has 1 aliphatic heterocycles. The number of carbonyl (C=O) groups excluding carboxylic acids is 1. The second-order valence-corrected chi connectivity index (χ2v) is 7.41. The first-order valence-electron chi connectivity index (χ1n) is 10.5. The van der Waals surface area contributed by atoms with Crippen molar-refractivity contribution in [2.45, 2.75) is 19.9 Å². The molecule has 0 amide bonds. The zero-order valence-electron chi connectivity index (χ0n) is 19.1. The van der Waals surface area contributed by atoms with E-state index in [1.54, 1.807) is 56.0 Å². The van der Waals surface area contributed by atoms with Crippen LogP contribution >= 0.6 is 0 Å². The summed E-state index contributed by atoms with van der Waals surface area (Å²) in [6.45, 7) is 3.67. The maximum absolute atomic E-state index is 13.0. The van der Waals surface area contributed by atoms with Crippen molar-refractivity contribution in [2.24, 2.45) is 0 Å². The maximum Gasteiger partial charge on any atom is 0.338 e. The fourth-order valence-corrected chi connectivity index (χ4v) is 3.85. The molecular formula is C23H23N5O6. The molecule has 0 fully saturated rings. The summed E-state index contributed by atoms with van der Waals surface area (Å²) in [6, 6.07) is 10.5. The van der Waals surface area contributed by atoms with Gasteiger partial charge in [-0.25, -0.2) is 9.48 Å². The fourth-order valence-electron chi connectivity index (χ4n) is 3.85. The molecule has 11 heteroatoms. The number of aromatic nitrogens is 3. The summed E-state index contributed by atoms with van der Waals surface area (Å²) >= 11 is 0. The molecule has 11 nitrogen and oxygen atoms in total. The van der Waals surface area contributed by atoms with Gasteiger partial charge in [0.1, 0.15) is 17.5 Å². The molecule has 34 heavy (non-hydrogen) atoms. The van der Waals surface area contributed by atoms with Crippen molar-refractivity contribution in [3.63, 3.8) is 0 Å². The highest BCUT2D eigenvalue weighted by molar-refractivity contribution is 5.92. The number of allylic oxidation sites excluding steroid dienone is 1. The average molecular weight is 465 g/mol. The van der Waals surface area contributed by atoms with Crippen LogP contribution in [0.25, 0.3) is 11.4 Å². The standard InChI is InChI=1S/C23H23N5O6/c1-5-34-22(29)19-13(2)24-23-25-21(14-7-6-8-15(11-14)28(30)31)26-27(23)20(19)17-12-16(32-3)9-10-18(17)33-4/h6-12,20H,5H2,1-4H3,(H,24,25,26). The van der Waals surface area contributed by atoms with Crippen molar-refractivity contribution in [3.05, 3.63) is 69.4 Å². The monoisotopic (exact) mass is 465 g/mol. The number of anilines is 1. The van der Waals surface area contributed by atoms with Crippen LogP contribution in [0.15, 0.2) is 53.7 Å². The van der Waals surface area contributed by atoms with Gasteiger partial charge in [-0.1, -0.05) is 12.1 Å². The number of methoxy groups -OCH3 is 2. The number of carbonyl (C=O) groups is 1. The number of rotatable bonds is 7. The first kappa shape index (κ1) is 22.8. The fraction of sp³-hybridized carbons (Fsp3) is 0.261. The quantitative estimate of drug-likeness (QED) is 0.315. The molecule has 0 bridgehead atoms. The molecule has 1 aromatic heterocycles. The predicted molar refractivity (Wildman–Crippen MR) is 123 cm³/mol. The molecule has 0 radical (unpaired) electrons. The third kappa shape index (κ3) is 4.03. The smallest absolute Gasteiger partial charge is 0.338 e. The summed E-state index contributed by atoms with van der Waals surface area (Å²) < 4.78 is 17.9. The molecule has 0 aliphatic carbocycles. The van der Waals surface area contributed by atoms with Crippen LogP contribution in [0.5, 0.6) is 11.5 Å². The topological polar surface area (TPSA) is 131 Å². The highest BCUT2D eigenvalue weighted by atomic mass is 16.6. The molecule has 4 rings (SSSR count). The van der Waals surface area contributed by atoms with E-state index in [0.29, 0.717) is 39.8 Å². The first-order chi connectivity index (χ1) is 16.4. The Labute approximate surface area is 195 Å². The first-order valence-corrected chi connectivity index (χ1v) is 10.5. The van der Waals surface area contributed by atoms with Crippen molar-refractivity contribution in [1.29, 1.82) is 0 Å². The van der Waals surface area contributed by atoms with Gasteiger partial charge in [0.2, 0.25) is 5.95 Å². The van der Waals surface area contributed by atoms with Crippen LogP contribution < -0.4 is 14.8 Å². The SMILES string of the molecule is CCOC(=O)C1=C(C)Nc2nc(-c3cccc([N+](=O)[O-])c3)nn2C1c1cc(OC)ccc1OC. The van der Waals surface area contributed by atoms with Crippen LogP contribution in [0.2, 0.25) is 0 Å². The lowest BCUT2D eigenvalue weighted by Crippen LogP contribution is -2.30. The number of nitro benzene ring substituents is 1. The third-order valence-corrected chi connectivity index (χ3v) is 5.39. The van der Waals surface area contributed by atoms with Gasteiger partial charge in [0.25, 0.3) is 5.69 Å². The van der Waals surface area contributed by atoms with Crippen LogP contribution in [-0.2, 0) is 9.53 Å². The molecule has 3 aromatic rings. The minimum Gasteiger partial charge on any atom is -0.497 e. The Balaban J connectivity index is 1.92. The van der Waals surface area contributed by atoms with Gasteiger partial charge in [0.15, 0.2) is 5.82 Å². The van der Waals surface area contributed by atoms with Gasteiger partial charge >= 0.3 is 5.97 Å². The van der Waals surface area contributed by atoms with E-state index in [0.717, 1.165) is 0 Å². The van der Waals surface area contributed by atoms with Crippen molar-refractivity contribution >= 4 is 17.6 Å². The molecule has 1 unspecified atom stereocenters. The van der Waals surface area contributed by atoms with E-state index < -0.39 is 16.9 Å². The zero-order valence-corrected chi connectivity index (χ0v) is 19.1. The molecule has 0 saturated carbocycles. The highest BCUT2D eigenvalue weighted by Gasteiger charge is 2.37. The summed E-state index contributed by atoms with van der Waals surface area (Å²) in [6.07, 6.45) is 0. The van der Waals surface area contributed by atoms with E-state index in [1.165, 1.54) is 19.2 Å². The van der Waals surface area contributed by atoms with Crippen LogP contribution in [-0.4, -0.2) is 46.5 Å². The lowest BCUT2D eigenvalue weighted by Gasteiger charge is -2.29. The molecule has 0 spiro atoms. The largest absolute Gasteiger partial charge is 0.497 e. The molecule has 1 atom stereocenters. The number of non-ortho nitro benzene ring substituents is 1. The Morgan fingerprint density at radius 3 is 2.68 bits per heavy atom. The highest BCUT2D eigenvalue weighted by Crippen LogP contribution is 2.41. The maximum atomic E-state index is 13.0. The summed E-state index contributed by atoms with van der Waals surface area (Å²) in [5, 5.41) is 19.0. The summed E-state index contributed by atoms with van der Waals surface area (Å²) in [5.41, 5.74) is 1.87. The van der Waals surface area contributed by atoms with Crippen molar-refractivity contribution < 1.29 is 23.9 Å². The number of nitro groups is 1. The van der Waals surface area contributed by atoms with Crippen LogP contribution in [0.4, 0.5) is 11.6 Å². The predicted octanol–water partition coefficient (Wildman–Crippen LogP) is 3.72. The van der Waals surface area contributed by atoms with E-state index in [-0.39, 0.29) is 18.1 Å². The summed E-state index contributed by atoms with van der Waals surface area (Å²) in [4.78, 5) is 28.3. The van der Waals surface area contributed by atoms with Gasteiger partial charge in [-0.2, -0.15) is 4.98 Å². The minimum atomic E-state index is -0.750. The molecule has 1 N–H and O–H groups in total. The third-order valence-electron chi connectivity index (χ3n) is 5.39. The van der Waals surface area contributed by atoms with Crippen LogP contribution in [0, 0.1) is 10.1 Å². The normalized spacial score (nSPS) is 14.8. The summed E-state index contributed by atoms with van der Waals surface area (Å²) in [5.74, 6) is 1.19. The van der Waals surface area contributed by atoms with Crippen LogP contribution in [0.1, 0.15) is 25.5 Å². The van der Waals surface area contributed by atoms with E-state index in [2.05, 4.69) is 15.4 Å². The number of esters is 1. The summed E-state index contributed by atoms with van der Waals surface area (Å²) in [7, 11) is 3.08. The van der Waals surface area contributed by atoms with Gasteiger partial charge in [0.05, 0.1) is 31.3 Å². The van der Waals surface area contributed by atoms with Gasteiger partial charge in [-0.05, 0) is 32.0 Å². The van der Waals surface area contributed by atoms with Crippen LogP contribution in [0.3, 0.4) is 0 Å². The van der Waals surface area contributed by atoms with Gasteiger partial charge in [0, 0.05) is 29.0 Å². The lowest BCUT2D eigenvalue weighted by molar-refractivity contribution is -0.384. The Kier molecular flexibility index (Phi) is 6.17. The molecular weight excluding hydrogens is 442 g/mol. The van der Waals surface area contributed by atoms with Gasteiger partial charge in [-0.3, -0.25) is 10.1 Å². The van der Waals surface area contributed by atoms with Crippen molar-refractivity contribution in [3.8, 4) is 22.9 Å². The minimum absolute atomic E-state index is 0.0780. The Hall–Kier alpha value is -4.41. The Bertz CT molecular complexity index is 1300.